The maximum Gasteiger partial charge on any atom is 3.00 e. The molecule has 0 bridgehead atoms. The Morgan fingerprint density at radius 1 is 0.333 bits per heavy atom. The molecule has 16 heteroatoms. The van der Waals surface area contributed by atoms with E-state index in [0.29, 0.717) is 36.0 Å². The van der Waals surface area contributed by atoms with Crippen molar-refractivity contribution in [2.75, 3.05) is 33.0 Å². The van der Waals surface area contributed by atoms with Gasteiger partial charge in [-0.05, 0) is 74.5 Å². The predicted molar refractivity (Wildman–Crippen MR) is 254 cm³/mol. The molecule has 0 aromatic rings. The van der Waals surface area contributed by atoms with Gasteiger partial charge in [0.2, 0.25) is 0 Å². The molecule has 0 saturated heterocycles. The maximum atomic E-state index is 11.8. The minimum atomic E-state index is -4.15. The van der Waals surface area contributed by atoms with Crippen molar-refractivity contribution in [2.24, 2.45) is 29.6 Å². The number of rotatable bonds is 41. The number of hydrogen-bond acceptors (Lipinski definition) is 12. The third kappa shape index (κ3) is 45.9. The van der Waals surface area contributed by atoms with E-state index >= 15 is 0 Å². The van der Waals surface area contributed by atoms with Crippen molar-refractivity contribution >= 4 is 23.5 Å². The average molecular weight is 1090 g/mol. The molecule has 63 heavy (non-hydrogen) atoms. The molecule has 0 rings (SSSR count). The average Bonchev–Trinajstić information content (AvgIpc) is 3.25. The van der Waals surface area contributed by atoms with Crippen LogP contribution in [0.2, 0.25) is 0 Å². The van der Waals surface area contributed by atoms with Gasteiger partial charge in [0.05, 0.1) is 39.1 Å². The Bertz CT molecular complexity index is 1000. The van der Waals surface area contributed by atoms with Crippen LogP contribution in [0.5, 0.6) is 0 Å². The SMILES string of the molecule is CCCCC(CC)COP(=O)([O-])OC(CC)CCCC.CCCCC(CC)COP(=O)([O-])OCC(CC)CCCC.CCCCC(CC)COP(=O)([O-])OCC(CC)CCCC.[Nd+3]. The minimum Gasteiger partial charge on any atom is -0.756 e. The van der Waals surface area contributed by atoms with Gasteiger partial charge in [0.25, 0.3) is 23.5 Å². The quantitative estimate of drug-likeness (QED) is 0.0531. The Kier molecular flexibility index (Phi) is 53.6. The van der Waals surface area contributed by atoms with E-state index in [1.54, 1.807) is 0 Å². The second kappa shape index (κ2) is 47.4. The van der Waals surface area contributed by atoms with Gasteiger partial charge in [0.15, 0.2) is 0 Å². The summed E-state index contributed by atoms with van der Waals surface area (Å²) in [5.74, 6) is 1.52. The molecule has 7 atom stereocenters. The van der Waals surface area contributed by atoms with Crippen LogP contribution < -0.4 is 14.7 Å². The number of phosphoric ester groups is 3. The van der Waals surface area contributed by atoms with Crippen molar-refractivity contribution in [1.82, 2.24) is 0 Å². The molecular weight excluding hydrogens is 994 g/mol. The molecule has 0 fully saturated rings. The Morgan fingerprint density at radius 3 is 0.730 bits per heavy atom. The molecule has 0 saturated carbocycles. The number of phosphoric acid groups is 3. The third-order valence-corrected chi connectivity index (χ3v) is 14.6. The van der Waals surface area contributed by atoms with E-state index in [2.05, 4.69) is 76.2 Å². The molecule has 0 aliphatic rings. The van der Waals surface area contributed by atoms with E-state index in [4.69, 9.17) is 27.1 Å². The molecule has 0 spiro atoms. The summed E-state index contributed by atoms with van der Waals surface area (Å²) in [7, 11) is -12.4. The van der Waals surface area contributed by atoms with Crippen molar-refractivity contribution in [1.29, 1.82) is 0 Å². The number of hydrogen-bond donors (Lipinski definition) is 0. The number of unbranched alkanes of at least 4 members (excludes halogenated alkanes) is 6. The van der Waals surface area contributed by atoms with Gasteiger partial charge < -0.3 is 41.8 Å². The summed E-state index contributed by atoms with van der Waals surface area (Å²) in [5, 5.41) is 0. The van der Waals surface area contributed by atoms with Crippen LogP contribution in [0.1, 0.15) is 237 Å². The Balaban J connectivity index is -0.000000411. The molecule has 0 aromatic heterocycles. The van der Waals surface area contributed by atoms with Crippen molar-refractivity contribution < 1.29 is 96.4 Å². The van der Waals surface area contributed by atoms with Crippen molar-refractivity contribution in [3.8, 4) is 0 Å². The van der Waals surface area contributed by atoms with Crippen LogP contribution >= 0.6 is 23.5 Å². The first-order chi connectivity index (χ1) is 29.5. The first kappa shape index (κ1) is 71.2. The van der Waals surface area contributed by atoms with E-state index in [0.717, 1.165) is 148 Å². The first-order valence-corrected chi connectivity index (χ1v) is 29.7. The van der Waals surface area contributed by atoms with Crippen LogP contribution in [0.15, 0.2) is 0 Å². The summed E-state index contributed by atoms with van der Waals surface area (Å²) < 4.78 is 65.9. The van der Waals surface area contributed by atoms with Gasteiger partial charge in [-0.3, -0.25) is 13.7 Å². The van der Waals surface area contributed by atoms with Crippen LogP contribution in [-0.2, 0) is 40.8 Å². The summed E-state index contributed by atoms with van der Waals surface area (Å²) >= 11 is 0. The second-order valence-corrected chi connectivity index (χ2v) is 21.4. The van der Waals surface area contributed by atoms with Gasteiger partial charge in [-0.1, -0.05) is 192 Å². The zero-order valence-electron chi connectivity index (χ0n) is 42.7. The van der Waals surface area contributed by atoms with Gasteiger partial charge in [-0.15, -0.1) is 0 Å². The standard InChI is InChI=1S/2C16H35O4P.C15H33O4P.Nd/c2*1-5-9-11-15(7-3)13-19-21(17,18)20-14-16(8-4)12-10-6-2;1-5-9-11-14(7-3)13-18-20(16,17)19-15(8-4)12-10-6-2;/h2*15-16H,5-14H2,1-4H3,(H,17,18);14-15H,5-13H2,1-4H3,(H,16,17);/q;;;+3/p-3. The Hall–Kier alpha value is 1.68. The van der Waals surface area contributed by atoms with Crippen LogP contribution in [0.25, 0.3) is 0 Å². The van der Waals surface area contributed by atoms with Crippen molar-refractivity contribution in [3.05, 3.63) is 0 Å². The largest absolute Gasteiger partial charge is 3.00 e. The summed E-state index contributed by atoms with van der Waals surface area (Å²) in [4.78, 5) is 35.4. The van der Waals surface area contributed by atoms with Gasteiger partial charge in [0.1, 0.15) is 0 Å². The molecular formula is C47H100NdO12P3. The summed E-state index contributed by atoms with van der Waals surface area (Å²) in [6, 6.07) is 0. The zero-order chi connectivity index (χ0) is 47.7. The van der Waals surface area contributed by atoms with E-state index < -0.39 is 23.5 Å². The molecule has 379 valence electrons. The van der Waals surface area contributed by atoms with E-state index in [-0.39, 0.29) is 80.0 Å². The third-order valence-electron chi connectivity index (χ3n) is 11.7. The van der Waals surface area contributed by atoms with Crippen LogP contribution in [0.3, 0.4) is 0 Å². The molecule has 7 unspecified atom stereocenters. The zero-order valence-corrected chi connectivity index (χ0v) is 48.6. The smallest absolute Gasteiger partial charge is 0.756 e. The van der Waals surface area contributed by atoms with E-state index in [9.17, 15) is 28.4 Å². The minimum absolute atomic E-state index is 0. The Morgan fingerprint density at radius 2 is 0.540 bits per heavy atom. The summed E-state index contributed by atoms with van der Waals surface area (Å²) in [5.41, 5.74) is 0. The van der Waals surface area contributed by atoms with Crippen LogP contribution in [-0.4, -0.2) is 39.1 Å². The fraction of sp³-hybridized carbons (Fsp3) is 1.00. The van der Waals surface area contributed by atoms with Crippen molar-refractivity contribution in [2.45, 2.75) is 243 Å². The monoisotopic (exact) mass is 1090 g/mol. The molecule has 0 aromatic carbocycles. The van der Waals surface area contributed by atoms with Gasteiger partial charge in [-0.25, -0.2) is 0 Å². The topological polar surface area (TPSA) is 176 Å². The predicted octanol–water partition coefficient (Wildman–Crippen LogP) is 14.5. The fourth-order valence-electron chi connectivity index (χ4n) is 6.52. The summed E-state index contributed by atoms with van der Waals surface area (Å²) in [6.07, 6.45) is 24.2. The van der Waals surface area contributed by atoms with Crippen molar-refractivity contribution in [3.63, 3.8) is 0 Å². The molecule has 0 heterocycles. The van der Waals surface area contributed by atoms with Gasteiger partial charge in [-0.2, -0.15) is 0 Å². The summed E-state index contributed by atoms with van der Waals surface area (Å²) in [6.45, 7) is 26.3. The molecule has 0 aliphatic heterocycles. The van der Waals surface area contributed by atoms with E-state index in [1.165, 1.54) is 0 Å². The normalized spacial score (nSPS) is 17.2. The van der Waals surface area contributed by atoms with Crippen LogP contribution in [0.4, 0.5) is 0 Å². The molecule has 1 radical (unpaired) electrons. The first-order valence-electron chi connectivity index (χ1n) is 25.3. The van der Waals surface area contributed by atoms with Crippen LogP contribution in [0, 0.1) is 70.4 Å². The van der Waals surface area contributed by atoms with Gasteiger partial charge >= 0.3 is 40.8 Å². The fourth-order valence-corrected chi connectivity index (χ4v) is 9.32. The molecule has 12 nitrogen and oxygen atoms in total. The maximum absolute atomic E-state index is 11.8. The molecule has 0 N–H and O–H groups in total. The second-order valence-electron chi connectivity index (χ2n) is 17.2. The molecule has 0 aliphatic carbocycles. The van der Waals surface area contributed by atoms with Gasteiger partial charge in [0, 0.05) is 0 Å². The Labute approximate surface area is 422 Å². The van der Waals surface area contributed by atoms with E-state index in [1.807, 2.05) is 6.92 Å². The molecule has 0 amide bonds.